The van der Waals surface area contributed by atoms with Gasteiger partial charge in [-0.15, -0.1) is 26.6 Å². The summed E-state index contributed by atoms with van der Waals surface area (Å²) in [6.45, 7) is 5.46. The van der Waals surface area contributed by atoms with Gasteiger partial charge in [0.25, 0.3) is 5.91 Å². The lowest BCUT2D eigenvalue weighted by Crippen LogP contribution is -2.38. The molecule has 0 N–H and O–H groups in total. The minimum atomic E-state index is 0.0963. The number of aryl methyl sites for hydroxylation is 1. The fourth-order valence-corrected chi connectivity index (χ4v) is 4.93. The molecule has 3 aromatic rings. The van der Waals surface area contributed by atoms with Crippen LogP contribution in [0.3, 0.4) is 0 Å². The summed E-state index contributed by atoms with van der Waals surface area (Å²) in [5.41, 5.74) is 3.34. The Balaban J connectivity index is 1.33. The summed E-state index contributed by atoms with van der Waals surface area (Å²) in [6.07, 6.45) is 4.20. The molecule has 3 aromatic heterocycles. The van der Waals surface area contributed by atoms with Crippen molar-refractivity contribution in [3.63, 3.8) is 0 Å². The second-order valence-corrected chi connectivity index (χ2v) is 8.40. The maximum atomic E-state index is 12.7. The van der Waals surface area contributed by atoms with Crippen LogP contribution in [0, 0.1) is 6.92 Å². The van der Waals surface area contributed by atoms with E-state index in [-0.39, 0.29) is 11.8 Å². The number of fused-ring (bicyclic) bond motifs is 1. The third kappa shape index (κ3) is 3.03. The molecule has 2 saturated heterocycles. The molecule has 1 amide bonds. The molecular formula is C19H23N7OS. The van der Waals surface area contributed by atoms with Gasteiger partial charge in [-0.2, -0.15) is 4.52 Å². The van der Waals surface area contributed by atoms with E-state index in [1.807, 2.05) is 28.5 Å². The predicted molar refractivity (Wildman–Crippen MR) is 107 cm³/mol. The highest BCUT2D eigenvalue weighted by Gasteiger charge is 2.29. The van der Waals surface area contributed by atoms with Crippen molar-refractivity contribution in [2.75, 3.05) is 31.1 Å². The van der Waals surface area contributed by atoms with Gasteiger partial charge in [-0.3, -0.25) is 4.79 Å². The SMILES string of the molecule is Cc1ncsc1C(=O)N1CCC(c2nnc3ccc(N4CCCC4)nn23)CC1. The molecular weight excluding hydrogens is 374 g/mol. The van der Waals surface area contributed by atoms with E-state index in [1.165, 1.54) is 24.2 Å². The maximum Gasteiger partial charge on any atom is 0.265 e. The van der Waals surface area contributed by atoms with E-state index in [0.29, 0.717) is 0 Å². The molecule has 8 nitrogen and oxygen atoms in total. The molecule has 0 atom stereocenters. The van der Waals surface area contributed by atoms with Gasteiger partial charge in [-0.05, 0) is 44.7 Å². The molecule has 2 aliphatic heterocycles. The van der Waals surface area contributed by atoms with Gasteiger partial charge in [0, 0.05) is 32.1 Å². The Morgan fingerprint density at radius 2 is 1.89 bits per heavy atom. The van der Waals surface area contributed by atoms with Gasteiger partial charge in [-0.1, -0.05) is 0 Å². The number of carbonyl (C=O) groups excluding carboxylic acids is 1. The van der Waals surface area contributed by atoms with Gasteiger partial charge < -0.3 is 9.80 Å². The molecule has 0 bridgehead atoms. The molecule has 0 unspecified atom stereocenters. The Bertz CT molecular complexity index is 999. The molecule has 0 saturated carbocycles. The van der Waals surface area contributed by atoms with Crippen LogP contribution in [0.25, 0.3) is 5.65 Å². The highest BCUT2D eigenvalue weighted by molar-refractivity contribution is 7.11. The van der Waals surface area contributed by atoms with Crippen LogP contribution in [0.4, 0.5) is 5.82 Å². The largest absolute Gasteiger partial charge is 0.355 e. The summed E-state index contributed by atoms with van der Waals surface area (Å²) < 4.78 is 1.91. The van der Waals surface area contributed by atoms with Crippen LogP contribution in [0.5, 0.6) is 0 Å². The number of hydrogen-bond donors (Lipinski definition) is 0. The monoisotopic (exact) mass is 397 g/mol. The summed E-state index contributed by atoms with van der Waals surface area (Å²) in [4.78, 5) is 21.9. The lowest BCUT2D eigenvalue weighted by atomic mass is 9.96. The summed E-state index contributed by atoms with van der Waals surface area (Å²) in [5.74, 6) is 2.28. The minimum Gasteiger partial charge on any atom is -0.355 e. The highest BCUT2D eigenvalue weighted by atomic mass is 32.1. The van der Waals surface area contributed by atoms with Gasteiger partial charge >= 0.3 is 0 Å². The summed E-state index contributed by atoms with van der Waals surface area (Å²) in [7, 11) is 0. The molecule has 5 rings (SSSR count). The standard InChI is InChI=1S/C19H23N7OS/c1-13-17(28-12-20-13)19(27)25-10-6-14(7-11-25)18-22-21-15-4-5-16(23-26(15)18)24-8-2-3-9-24/h4-5,12,14H,2-3,6-11H2,1H3. The highest BCUT2D eigenvalue weighted by Crippen LogP contribution is 2.29. The topological polar surface area (TPSA) is 79.5 Å². The van der Waals surface area contributed by atoms with E-state index in [4.69, 9.17) is 5.10 Å². The smallest absolute Gasteiger partial charge is 0.265 e. The summed E-state index contributed by atoms with van der Waals surface area (Å²) >= 11 is 1.42. The number of aromatic nitrogens is 5. The van der Waals surface area contributed by atoms with Crippen LogP contribution in [0.15, 0.2) is 17.6 Å². The zero-order valence-corrected chi connectivity index (χ0v) is 16.7. The second-order valence-electron chi connectivity index (χ2n) is 7.55. The number of rotatable bonds is 3. The number of piperidine rings is 1. The number of carbonyl (C=O) groups is 1. The van der Waals surface area contributed by atoms with Gasteiger partial charge in [0.1, 0.15) is 10.7 Å². The molecule has 28 heavy (non-hydrogen) atoms. The lowest BCUT2D eigenvalue weighted by Gasteiger charge is -2.31. The van der Waals surface area contributed by atoms with Gasteiger partial charge in [0.2, 0.25) is 0 Å². The number of amides is 1. The zero-order chi connectivity index (χ0) is 19.1. The Morgan fingerprint density at radius 3 is 2.61 bits per heavy atom. The molecule has 0 radical (unpaired) electrons. The van der Waals surface area contributed by atoms with Crippen LogP contribution in [-0.2, 0) is 0 Å². The first kappa shape index (κ1) is 17.5. The first-order valence-electron chi connectivity index (χ1n) is 9.87. The van der Waals surface area contributed by atoms with E-state index in [0.717, 1.165) is 66.9 Å². The van der Waals surface area contributed by atoms with Crippen LogP contribution < -0.4 is 4.90 Å². The fraction of sp³-hybridized carbons (Fsp3) is 0.526. The number of thiazole rings is 1. The quantitative estimate of drug-likeness (QED) is 0.676. The average Bonchev–Trinajstić information content (AvgIpc) is 3.48. The summed E-state index contributed by atoms with van der Waals surface area (Å²) in [6, 6.07) is 4.04. The predicted octanol–water partition coefficient (Wildman–Crippen LogP) is 2.51. The minimum absolute atomic E-state index is 0.0963. The molecule has 5 heterocycles. The molecule has 0 aromatic carbocycles. The van der Waals surface area contributed by atoms with Gasteiger partial charge in [-0.25, -0.2) is 4.98 Å². The molecule has 0 aliphatic carbocycles. The van der Waals surface area contributed by atoms with E-state index < -0.39 is 0 Å². The van der Waals surface area contributed by atoms with E-state index in [1.54, 1.807) is 5.51 Å². The van der Waals surface area contributed by atoms with Gasteiger partial charge in [0.05, 0.1) is 11.2 Å². The van der Waals surface area contributed by atoms with Crippen molar-refractivity contribution in [1.29, 1.82) is 0 Å². The number of hydrogen-bond acceptors (Lipinski definition) is 7. The van der Waals surface area contributed by atoms with Crippen molar-refractivity contribution >= 4 is 28.7 Å². The third-order valence-corrected chi connectivity index (χ3v) is 6.71. The van der Waals surface area contributed by atoms with Crippen molar-refractivity contribution in [3.8, 4) is 0 Å². The molecule has 2 aliphatic rings. The maximum absolute atomic E-state index is 12.7. The van der Waals surface area contributed by atoms with Crippen molar-refractivity contribution in [1.82, 2.24) is 29.7 Å². The van der Waals surface area contributed by atoms with E-state index >= 15 is 0 Å². The van der Waals surface area contributed by atoms with Gasteiger partial charge in [0.15, 0.2) is 11.5 Å². The molecule has 2 fully saturated rings. The van der Waals surface area contributed by atoms with Crippen LogP contribution in [0.1, 0.15) is 52.8 Å². The fourth-order valence-electron chi connectivity index (χ4n) is 4.16. The molecule has 9 heteroatoms. The normalized spacial score (nSPS) is 18.3. The average molecular weight is 398 g/mol. The third-order valence-electron chi connectivity index (χ3n) is 5.79. The Hall–Kier alpha value is -2.55. The summed E-state index contributed by atoms with van der Waals surface area (Å²) in [5, 5.41) is 13.6. The zero-order valence-electron chi connectivity index (χ0n) is 15.9. The second kappa shape index (κ2) is 7.12. The van der Waals surface area contributed by atoms with E-state index in [9.17, 15) is 4.79 Å². The first-order chi connectivity index (χ1) is 13.7. The number of anilines is 1. The van der Waals surface area contributed by atoms with Crippen molar-refractivity contribution < 1.29 is 4.79 Å². The Labute approximate surface area is 167 Å². The van der Waals surface area contributed by atoms with Crippen LogP contribution in [0.2, 0.25) is 0 Å². The Kier molecular flexibility index (Phi) is 4.46. The first-order valence-corrected chi connectivity index (χ1v) is 10.8. The van der Waals surface area contributed by atoms with Crippen molar-refractivity contribution in [2.45, 2.75) is 38.5 Å². The Morgan fingerprint density at radius 1 is 1.11 bits per heavy atom. The van der Waals surface area contributed by atoms with Crippen molar-refractivity contribution in [3.05, 3.63) is 34.0 Å². The van der Waals surface area contributed by atoms with Crippen LogP contribution in [-0.4, -0.2) is 61.8 Å². The van der Waals surface area contributed by atoms with Crippen LogP contribution >= 0.6 is 11.3 Å². The molecule has 0 spiro atoms. The molecule has 146 valence electrons. The van der Waals surface area contributed by atoms with E-state index in [2.05, 4.69) is 20.1 Å². The number of likely N-dealkylation sites (tertiary alicyclic amines) is 1. The number of nitrogens with zero attached hydrogens (tertiary/aromatic N) is 7. The van der Waals surface area contributed by atoms with Crippen molar-refractivity contribution in [2.24, 2.45) is 0 Å². The lowest BCUT2D eigenvalue weighted by molar-refractivity contribution is 0.0714.